The lowest BCUT2D eigenvalue weighted by atomic mass is 10.2. The van der Waals surface area contributed by atoms with Crippen molar-refractivity contribution in [1.29, 1.82) is 0 Å². The number of carbonyl (C=O) groups is 1. The molecule has 2 rings (SSSR count). The lowest BCUT2D eigenvalue weighted by Crippen LogP contribution is -2.46. The maximum Gasteiger partial charge on any atom is 0.358 e. The summed E-state index contributed by atoms with van der Waals surface area (Å²) in [6, 6.07) is 0. The molecule has 7 heteroatoms. The van der Waals surface area contributed by atoms with E-state index in [1.54, 1.807) is 6.92 Å². The van der Waals surface area contributed by atoms with Gasteiger partial charge in [-0.15, -0.1) is 5.10 Å². The summed E-state index contributed by atoms with van der Waals surface area (Å²) in [4.78, 5) is 15.7. The van der Waals surface area contributed by atoms with E-state index in [4.69, 9.17) is 9.47 Å². The van der Waals surface area contributed by atoms with E-state index in [0.717, 1.165) is 0 Å². The minimum absolute atomic E-state index is 0.253. The average molecular weight is 229 g/mol. The molecule has 0 aliphatic carbocycles. The molecular weight excluding hydrogens is 218 g/mol. The summed E-state index contributed by atoms with van der Waals surface area (Å²) >= 11 is 1.35. The van der Waals surface area contributed by atoms with Crippen molar-refractivity contribution < 1.29 is 14.3 Å². The van der Waals surface area contributed by atoms with E-state index in [-0.39, 0.29) is 5.71 Å². The Morgan fingerprint density at radius 2 is 2.53 bits per heavy atom. The van der Waals surface area contributed by atoms with Crippen LogP contribution >= 0.6 is 11.8 Å². The molecule has 1 fully saturated rings. The smallest absolute Gasteiger partial charge is 0.358 e. The molecular formula is C8H11N3O3S. The molecule has 0 aromatic rings. The molecule has 1 spiro atoms. The molecule has 0 bridgehead atoms. The zero-order valence-corrected chi connectivity index (χ0v) is 9.26. The van der Waals surface area contributed by atoms with Gasteiger partial charge < -0.3 is 9.47 Å². The van der Waals surface area contributed by atoms with Crippen LogP contribution in [0.2, 0.25) is 0 Å². The van der Waals surface area contributed by atoms with Crippen LogP contribution in [0, 0.1) is 0 Å². The van der Waals surface area contributed by atoms with Crippen LogP contribution in [-0.4, -0.2) is 42.0 Å². The number of esters is 1. The summed E-state index contributed by atoms with van der Waals surface area (Å²) in [6.45, 7) is 2.47. The number of thioether (sulfide) groups is 1. The first-order chi connectivity index (χ1) is 7.22. The fourth-order valence-corrected chi connectivity index (χ4v) is 1.50. The van der Waals surface area contributed by atoms with Crippen molar-refractivity contribution in [3.05, 3.63) is 0 Å². The maximum absolute atomic E-state index is 11.6. The van der Waals surface area contributed by atoms with Gasteiger partial charge in [-0.1, -0.05) is 11.8 Å². The van der Waals surface area contributed by atoms with E-state index in [9.17, 15) is 4.79 Å². The van der Waals surface area contributed by atoms with Gasteiger partial charge in [0.05, 0.1) is 6.61 Å². The van der Waals surface area contributed by atoms with Gasteiger partial charge in [-0.05, 0) is 13.2 Å². The predicted molar refractivity (Wildman–Crippen MR) is 56.8 cm³/mol. The zero-order valence-electron chi connectivity index (χ0n) is 8.44. The third kappa shape index (κ3) is 1.84. The van der Waals surface area contributed by atoms with Crippen LogP contribution in [0.15, 0.2) is 10.1 Å². The SMILES string of the molecule is CCOC(=O)C1=NC(SC)=NNC12CO2. The molecule has 2 heterocycles. The van der Waals surface area contributed by atoms with Crippen LogP contribution in [0.3, 0.4) is 0 Å². The van der Waals surface area contributed by atoms with Crippen molar-refractivity contribution in [3.8, 4) is 0 Å². The second kappa shape index (κ2) is 3.82. The fraction of sp³-hybridized carbons (Fsp3) is 0.625. The van der Waals surface area contributed by atoms with E-state index in [2.05, 4.69) is 15.5 Å². The summed E-state index contributed by atoms with van der Waals surface area (Å²) < 4.78 is 10.0. The first-order valence-electron chi connectivity index (χ1n) is 4.51. The van der Waals surface area contributed by atoms with Crippen molar-refractivity contribution in [2.75, 3.05) is 19.5 Å². The minimum Gasteiger partial charge on any atom is -0.461 e. The molecule has 2 aliphatic heterocycles. The molecule has 15 heavy (non-hydrogen) atoms. The van der Waals surface area contributed by atoms with Gasteiger partial charge in [0.25, 0.3) is 0 Å². The number of rotatable bonds is 2. The lowest BCUT2D eigenvalue weighted by Gasteiger charge is -2.17. The van der Waals surface area contributed by atoms with E-state index < -0.39 is 11.7 Å². The second-order valence-electron chi connectivity index (χ2n) is 3.01. The monoisotopic (exact) mass is 229 g/mol. The number of epoxide rings is 1. The Morgan fingerprint density at radius 1 is 1.80 bits per heavy atom. The van der Waals surface area contributed by atoms with Gasteiger partial charge in [0.2, 0.25) is 10.9 Å². The van der Waals surface area contributed by atoms with Gasteiger partial charge in [-0.25, -0.2) is 9.79 Å². The van der Waals surface area contributed by atoms with E-state index >= 15 is 0 Å². The van der Waals surface area contributed by atoms with Gasteiger partial charge in [0, 0.05) is 0 Å². The van der Waals surface area contributed by atoms with Crippen molar-refractivity contribution in [1.82, 2.24) is 5.43 Å². The number of nitrogens with one attached hydrogen (secondary N) is 1. The van der Waals surface area contributed by atoms with E-state index in [0.29, 0.717) is 18.4 Å². The predicted octanol–water partition coefficient (Wildman–Crippen LogP) is -0.0458. The van der Waals surface area contributed by atoms with Crippen molar-refractivity contribution in [3.63, 3.8) is 0 Å². The highest BCUT2D eigenvalue weighted by molar-refractivity contribution is 8.13. The van der Waals surface area contributed by atoms with Crippen molar-refractivity contribution in [2.24, 2.45) is 10.1 Å². The standard InChI is InChI=1S/C8H11N3O3S/c1-3-13-6(12)5-8(4-14-8)11-10-7(9-5)15-2/h11H,3-4H2,1-2H3. The van der Waals surface area contributed by atoms with Crippen LogP contribution in [0.1, 0.15) is 6.92 Å². The van der Waals surface area contributed by atoms with Gasteiger partial charge in [-0.2, -0.15) is 0 Å². The number of nitrogens with zero attached hydrogens (tertiary/aromatic N) is 2. The Balaban J connectivity index is 2.21. The van der Waals surface area contributed by atoms with Crippen LogP contribution < -0.4 is 5.43 Å². The Hall–Kier alpha value is -1.08. The first kappa shape index (κ1) is 10.4. The number of hydrogen-bond acceptors (Lipinski definition) is 7. The number of aliphatic imine (C=N–C) groups is 1. The largest absolute Gasteiger partial charge is 0.461 e. The molecule has 6 nitrogen and oxygen atoms in total. The number of ether oxygens (including phenoxy) is 2. The van der Waals surface area contributed by atoms with Crippen LogP contribution in [0.25, 0.3) is 0 Å². The quantitative estimate of drug-likeness (QED) is 0.531. The first-order valence-corrected chi connectivity index (χ1v) is 5.73. The molecule has 1 atom stereocenters. The molecule has 0 saturated carbocycles. The number of amidine groups is 1. The molecule has 0 aromatic carbocycles. The summed E-state index contributed by atoms with van der Waals surface area (Å²) in [5, 5.41) is 4.46. The highest BCUT2D eigenvalue weighted by Gasteiger charge is 2.55. The Kier molecular flexibility index (Phi) is 2.66. The molecule has 0 aromatic heterocycles. The molecule has 1 saturated heterocycles. The molecule has 1 N–H and O–H groups in total. The molecule has 0 radical (unpaired) electrons. The minimum atomic E-state index is -0.828. The molecule has 82 valence electrons. The normalized spacial score (nSPS) is 27.9. The Labute approximate surface area is 91.1 Å². The number of carbonyl (C=O) groups excluding carboxylic acids is 1. The fourth-order valence-electron chi connectivity index (χ4n) is 1.18. The number of hydrogen-bond donors (Lipinski definition) is 1. The van der Waals surface area contributed by atoms with Gasteiger partial charge in [0.15, 0.2) is 5.71 Å². The van der Waals surface area contributed by atoms with Gasteiger partial charge in [-0.3, -0.25) is 5.43 Å². The summed E-state index contributed by atoms with van der Waals surface area (Å²) in [5.41, 5.74) is 2.20. The maximum atomic E-state index is 11.6. The third-order valence-corrected chi connectivity index (χ3v) is 2.55. The Morgan fingerprint density at radius 3 is 3.07 bits per heavy atom. The highest BCUT2D eigenvalue weighted by Crippen LogP contribution is 2.29. The topological polar surface area (TPSA) is 75.6 Å². The van der Waals surface area contributed by atoms with Crippen molar-refractivity contribution >= 4 is 28.6 Å². The molecule has 1 unspecified atom stereocenters. The lowest BCUT2D eigenvalue weighted by molar-refractivity contribution is -0.135. The van der Waals surface area contributed by atoms with E-state index in [1.807, 2.05) is 6.26 Å². The highest BCUT2D eigenvalue weighted by atomic mass is 32.2. The van der Waals surface area contributed by atoms with E-state index in [1.165, 1.54) is 11.8 Å². The summed E-state index contributed by atoms with van der Waals surface area (Å²) in [6.07, 6.45) is 1.83. The van der Waals surface area contributed by atoms with Gasteiger partial charge >= 0.3 is 5.97 Å². The Bertz CT molecular complexity index is 349. The summed E-state index contributed by atoms with van der Waals surface area (Å²) in [5.74, 6) is -0.455. The molecule has 2 aliphatic rings. The van der Waals surface area contributed by atoms with Gasteiger partial charge in [0.1, 0.15) is 6.61 Å². The zero-order chi connectivity index (χ0) is 10.9. The third-order valence-electron chi connectivity index (χ3n) is 2.01. The average Bonchev–Trinajstić information content (AvgIpc) is 3.00. The van der Waals surface area contributed by atoms with Crippen LogP contribution in [0.4, 0.5) is 0 Å². The van der Waals surface area contributed by atoms with Crippen molar-refractivity contribution in [2.45, 2.75) is 12.6 Å². The summed E-state index contributed by atoms with van der Waals surface area (Å²) in [7, 11) is 0. The number of hydrazone groups is 1. The molecule has 0 amide bonds. The second-order valence-corrected chi connectivity index (χ2v) is 3.78. The van der Waals surface area contributed by atoms with Crippen LogP contribution in [-0.2, 0) is 14.3 Å². The van der Waals surface area contributed by atoms with Crippen LogP contribution in [0.5, 0.6) is 0 Å².